The molecule has 0 amide bonds. The van der Waals surface area contributed by atoms with Crippen molar-refractivity contribution in [2.45, 2.75) is 13.3 Å². The number of rotatable bonds is 5. The number of aliphatic carboxylic acids is 1. The lowest BCUT2D eigenvalue weighted by Crippen LogP contribution is -2.26. The van der Waals surface area contributed by atoms with Gasteiger partial charge in [0.25, 0.3) is 0 Å². The quantitative estimate of drug-likeness (QED) is 0.763. The molecule has 1 aromatic rings. The van der Waals surface area contributed by atoms with E-state index in [2.05, 4.69) is 4.98 Å². The molecule has 0 atom stereocenters. The van der Waals surface area contributed by atoms with Crippen LogP contribution in [0.2, 0.25) is 0 Å². The smallest absolute Gasteiger partial charge is 0.305 e. The Morgan fingerprint density at radius 1 is 1.80 bits per heavy atom. The third kappa shape index (κ3) is 3.56. The molecule has 0 spiro atoms. The van der Waals surface area contributed by atoms with Crippen LogP contribution in [0, 0.1) is 18.3 Å². The molecule has 0 bridgehead atoms. The molecular weight excluding hydrogens is 214 g/mol. The monoisotopic (exact) mass is 225 g/mol. The van der Waals surface area contributed by atoms with Gasteiger partial charge < -0.3 is 10.0 Å². The number of thiazole rings is 1. The fourth-order valence-corrected chi connectivity index (χ4v) is 1.88. The minimum atomic E-state index is -0.869. The van der Waals surface area contributed by atoms with Crippen LogP contribution in [0.4, 0.5) is 5.13 Å². The minimum absolute atomic E-state index is 0.0142. The van der Waals surface area contributed by atoms with Crippen molar-refractivity contribution < 1.29 is 9.90 Å². The van der Waals surface area contributed by atoms with Gasteiger partial charge >= 0.3 is 5.97 Å². The predicted octanol–water partition coefficient (Wildman–Crippen LogP) is 1.26. The van der Waals surface area contributed by atoms with Gasteiger partial charge in [0.05, 0.1) is 18.2 Å². The van der Waals surface area contributed by atoms with Crippen LogP contribution in [0.15, 0.2) is 5.38 Å². The first-order valence-electron chi connectivity index (χ1n) is 4.39. The van der Waals surface area contributed by atoms with Gasteiger partial charge in [-0.2, -0.15) is 5.26 Å². The molecule has 0 aliphatic rings. The third-order valence-corrected chi connectivity index (χ3v) is 2.75. The molecule has 1 aromatic heterocycles. The SMILES string of the molecule is Cc1csc(N(CC#N)CCC(=O)O)n1. The zero-order valence-corrected chi connectivity index (χ0v) is 9.12. The summed E-state index contributed by atoms with van der Waals surface area (Å²) in [5.74, 6) is -0.869. The van der Waals surface area contributed by atoms with Gasteiger partial charge in [-0.1, -0.05) is 0 Å². The van der Waals surface area contributed by atoms with Crippen LogP contribution < -0.4 is 4.90 Å². The minimum Gasteiger partial charge on any atom is -0.481 e. The van der Waals surface area contributed by atoms with Crippen molar-refractivity contribution in [1.82, 2.24) is 4.98 Å². The van der Waals surface area contributed by atoms with Gasteiger partial charge in [0.15, 0.2) is 5.13 Å². The summed E-state index contributed by atoms with van der Waals surface area (Å²) in [4.78, 5) is 16.3. The van der Waals surface area contributed by atoms with Gasteiger partial charge in [0.1, 0.15) is 6.54 Å². The topological polar surface area (TPSA) is 77.2 Å². The molecule has 0 unspecified atom stereocenters. The van der Waals surface area contributed by atoms with Crippen LogP contribution >= 0.6 is 11.3 Å². The van der Waals surface area contributed by atoms with Crippen LogP contribution in [0.1, 0.15) is 12.1 Å². The van der Waals surface area contributed by atoms with Crippen molar-refractivity contribution in [2.24, 2.45) is 0 Å². The number of hydrogen-bond donors (Lipinski definition) is 1. The number of nitrogens with zero attached hydrogens (tertiary/aromatic N) is 3. The third-order valence-electron chi connectivity index (χ3n) is 1.73. The maximum Gasteiger partial charge on any atom is 0.305 e. The number of anilines is 1. The van der Waals surface area contributed by atoms with E-state index in [-0.39, 0.29) is 13.0 Å². The van der Waals surface area contributed by atoms with E-state index in [1.807, 2.05) is 18.4 Å². The Kier molecular flexibility index (Phi) is 4.06. The first-order chi connectivity index (χ1) is 7.13. The van der Waals surface area contributed by atoms with E-state index < -0.39 is 5.97 Å². The van der Waals surface area contributed by atoms with Crippen molar-refractivity contribution >= 4 is 22.4 Å². The van der Waals surface area contributed by atoms with Crippen molar-refractivity contribution in [3.8, 4) is 6.07 Å². The van der Waals surface area contributed by atoms with Crippen molar-refractivity contribution in [3.63, 3.8) is 0 Å². The van der Waals surface area contributed by atoms with E-state index in [9.17, 15) is 4.79 Å². The van der Waals surface area contributed by atoms with Crippen molar-refractivity contribution in [3.05, 3.63) is 11.1 Å². The molecule has 1 heterocycles. The Labute approximate surface area is 91.6 Å². The first kappa shape index (κ1) is 11.5. The number of aryl methyl sites for hydroxylation is 1. The maximum absolute atomic E-state index is 10.4. The highest BCUT2D eigenvalue weighted by atomic mass is 32.1. The van der Waals surface area contributed by atoms with E-state index in [1.165, 1.54) is 11.3 Å². The average molecular weight is 225 g/mol. The summed E-state index contributed by atoms with van der Waals surface area (Å²) in [6.45, 7) is 2.35. The molecule has 0 aromatic carbocycles. The lowest BCUT2D eigenvalue weighted by molar-refractivity contribution is -0.136. The van der Waals surface area contributed by atoms with Gasteiger partial charge in [0.2, 0.25) is 0 Å². The highest BCUT2D eigenvalue weighted by molar-refractivity contribution is 7.13. The Hall–Kier alpha value is -1.61. The number of aromatic nitrogens is 1. The summed E-state index contributed by atoms with van der Waals surface area (Å²) in [6, 6.07) is 2.00. The van der Waals surface area contributed by atoms with Crippen LogP contribution in [0.3, 0.4) is 0 Å². The van der Waals surface area contributed by atoms with Gasteiger partial charge in [-0.15, -0.1) is 11.3 Å². The molecule has 5 nitrogen and oxygen atoms in total. The van der Waals surface area contributed by atoms with Gasteiger partial charge in [-0.3, -0.25) is 4.79 Å². The summed E-state index contributed by atoms with van der Waals surface area (Å²) >= 11 is 1.42. The van der Waals surface area contributed by atoms with E-state index in [1.54, 1.807) is 4.90 Å². The van der Waals surface area contributed by atoms with Crippen LogP contribution in [0.25, 0.3) is 0 Å². The zero-order chi connectivity index (χ0) is 11.3. The second-order valence-electron chi connectivity index (χ2n) is 2.99. The molecule has 0 aliphatic heterocycles. The molecular formula is C9H11N3O2S. The van der Waals surface area contributed by atoms with Crippen LogP contribution in [-0.2, 0) is 4.79 Å². The Morgan fingerprint density at radius 2 is 2.53 bits per heavy atom. The summed E-state index contributed by atoms with van der Waals surface area (Å²) in [5.41, 5.74) is 0.883. The van der Waals surface area contributed by atoms with E-state index in [0.717, 1.165) is 5.69 Å². The number of nitriles is 1. The molecule has 1 rings (SSSR count). The number of carbonyl (C=O) groups is 1. The van der Waals surface area contributed by atoms with Crippen molar-refractivity contribution in [1.29, 1.82) is 5.26 Å². The molecule has 80 valence electrons. The van der Waals surface area contributed by atoms with E-state index in [0.29, 0.717) is 11.7 Å². The van der Waals surface area contributed by atoms with Gasteiger partial charge in [0, 0.05) is 11.9 Å². The fraction of sp³-hybridized carbons (Fsp3) is 0.444. The summed E-state index contributed by atoms with van der Waals surface area (Å²) in [6.07, 6.45) is 0.0142. The number of carboxylic acid groups (broad SMARTS) is 1. The van der Waals surface area contributed by atoms with Gasteiger partial charge in [-0.05, 0) is 6.92 Å². The standard InChI is InChI=1S/C9H11N3O2S/c1-7-6-15-9(11-7)12(5-3-10)4-2-8(13)14/h6H,2,4-5H2,1H3,(H,13,14). The highest BCUT2D eigenvalue weighted by Crippen LogP contribution is 2.19. The molecule has 15 heavy (non-hydrogen) atoms. The van der Waals surface area contributed by atoms with Crippen LogP contribution in [-0.4, -0.2) is 29.1 Å². The Bertz CT molecular complexity index is 383. The maximum atomic E-state index is 10.4. The lowest BCUT2D eigenvalue weighted by Gasteiger charge is -2.16. The molecule has 0 saturated carbocycles. The molecule has 0 aliphatic carbocycles. The number of hydrogen-bond acceptors (Lipinski definition) is 5. The summed E-state index contributed by atoms with van der Waals surface area (Å²) in [7, 11) is 0. The summed E-state index contributed by atoms with van der Waals surface area (Å²) < 4.78 is 0. The van der Waals surface area contributed by atoms with Crippen molar-refractivity contribution in [2.75, 3.05) is 18.0 Å². The zero-order valence-electron chi connectivity index (χ0n) is 8.30. The van der Waals surface area contributed by atoms with E-state index in [4.69, 9.17) is 10.4 Å². The second-order valence-corrected chi connectivity index (χ2v) is 3.83. The largest absolute Gasteiger partial charge is 0.481 e. The summed E-state index contributed by atoms with van der Waals surface area (Å²) in [5, 5.41) is 19.7. The first-order valence-corrected chi connectivity index (χ1v) is 5.27. The Morgan fingerprint density at radius 3 is 3.00 bits per heavy atom. The molecule has 0 saturated heterocycles. The molecule has 1 N–H and O–H groups in total. The second kappa shape index (κ2) is 5.32. The highest BCUT2D eigenvalue weighted by Gasteiger charge is 2.11. The average Bonchev–Trinajstić information content (AvgIpc) is 2.59. The normalized spacial score (nSPS) is 9.60. The fourth-order valence-electron chi connectivity index (χ4n) is 1.05. The van der Waals surface area contributed by atoms with Crippen LogP contribution in [0.5, 0.6) is 0 Å². The molecule has 6 heteroatoms. The molecule has 0 fully saturated rings. The molecule has 0 radical (unpaired) electrons. The predicted molar refractivity (Wildman–Crippen MR) is 56.9 cm³/mol. The number of carboxylic acids is 1. The Balaban J connectivity index is 2.66. The lowest BCUT2D eigenvalue weighted by atomic mass is 10.4. The van der Waals surface area contributed by atoms with E-state index >= 15 is 0 Å². The van der Waals surface area contributed by atoms with Gasteiger partial charge in [-0.25, -0.2) is 4.98 Å².